The van der Waals surface area contributed by atoms with Gasteiger partial charge in [-0.25, -0.2) is 0 Å². The molecule has 0 aliphatic heterocycles. The van der Waals surface area contributed by atoms with Crippen molar-refractivity contribution < 1.29 is 9.53 Å². The zero-order valence-electron chi connectivity index (χ0n) is 10.2. The molecule has 2 rings (SSSR count). The maximum Gasteiger partial charge on any atom is 0.123 e. The number of aldehydes is 1. The molecular formula is C15H20O2. The quantitative estimate of drug-likeness (QED) is 0.729. The zero-order valence-corrected chi connectivity index (χ0v) is 10.2. The Balaban J connectivity index is 1.75. The minimum absolute atomic E-state index is 0.222. The standard InChI is InChI=1S/C15H20O2/c16-10-14-8-4-5-9-15(14)12-17-11-13-6-2-1-3-7-13/h1-3,6-7,10,14-15H,4-5,8-9,11-12H2/t14-,15+/m0/s1. The van der Waals surface area contributed by atoms with Crippen LogP contribution < -0.4 is 0 Å². The van der Waals surface area contributed by atoms with E-state index in [0.29, 0.717) is 12.5 Å². The highest BCUT2D eigenvalue weighted by molar-refractivity contribution is 5.54. The summed E-state index contributed by atoms with van der Waals surface area (Å²) in [6, 6.07) is 10.2. The maximum atomic E-state index is 10.9. The lowest BCUT2D eigenvalue weighted by Crippen LogP contribution is -2.25. The summed E-state index contributed by atoms with van der Waals surface area (Å²) in [7, 11) is 0. The third kappa shape index (κ3) is 3.67. The molecule has 0 unspecified atom stereocenters. The van der Waals surface area contributed by atoms with Crippen molar-refractivity contribution in [2.75, 3.05) is 6.61 Å². The Morgan fingerprint density at radius 1 is 1.18 bits per heavy atom. The summed E-state index contributed by atoms with van der Waals surface area (Å²) in [4.78, 5) is 10.9. The van der Waals surface area contributed by atoms with Crippen molar-refractivity contribution in [3.8, 4) is 0 Å². The van der Waals surface area contributed by atoms with Gasteiger partial charge in [0.15, 0.2) is 0 Å². The van der Waals surface area contributed by atoms with Crippen LogP contribution in [0.3, 0.4) is 0 Å². The van der Waals surface area contributed by atoms with Gasteiger partial charge in [-0.15, -0.1) is 0 Å². The Hall–Kier alpha value is -1.15. The van der Waals surface area contributed by atoms with Crippen LogP contribution in [0.25, 0.3) is 0 Å². The minimum atomic E-state index is 0.222. The molecule has 2 nitrogen and oxygen atoms in total. The fourth-order valence-corrected chi connectivity index (χ4v) is 2.52. The first-order valence-corrected chi connectivity index (χ1v) is 6.47. The Labute approximate surface area is 103 Å². The Kier molecular flexibility index (Phi) is 4.75. The van der Waals surface area contributed by atoms with Crippen LogP contribution in [0.2, 0.25) is 0 Å². The highest BCUT2D eigenvalue weighted by Gasteiger charge is 2.24. The Bertz CT molecular complexity index is 334. The first kappa shape index (κ1) is 12.3. The third-order valence-electron chi connectivity index (χ3n) is 3.59. The molecule has 2 atom stereocenters. The summed E-state index contributed by atoms with van der Waals surface area (Å²) in [6.07, 6.45) is 5.74. The average Bonchev–Trinajstić information content (AvgIpc) is 2.40. The second-order valence-electron chi connectivity index (χ2n) is 4.85. The van der Waals surface area contributed by atoms with Crippen LogP contribution in [-0.2, 0) is 16.1 Å². The van der Waals surface area contributed by atoms with E-state index in [9.17, 15) is 4.79 Å². The van der Waals surface area contributed by atoms with Crippen molar-refractivity contribution in [3.05, 3.63) is 35.9 Å². The van der Waals surface area contributed by atoms with Gasteiger partial charge in [-0.3, -0.25) is 0 Å². The molecule has 0 N–H and O–H groups in total. The molecule has 1 saturated carbocycles. The van der Waals surface area contributed by atoms with Crippen molar-refractivity contribution >= 4 is 6.29 Å². The van der Waals surface area contributed by atoms with Crippen molar-refractivity contribution in [2.24, 2.45) is 11.8 Å². The van der Waals surface area contributed by atoms with Crippen LogP contribution in [0.4, 0.5) is 0 Å². The van der Waals surface area contributed by atoms with Gasteiger partial charge in [0.1, 0.15) is 6.29 Å². The van der Waals surface area contributed by atoms with Crippen LogP contribution in [0.15, 0.2) is 30.3 Å². The molecule has 0 amide bonds. The summed E-state index contributed by atoms with van der Waals surface area (Å²) in [5.74, 6) is 0.657. The van der Waals surface area contributed by atoms with Crippen molar-refractivity contribution in [3.63, 3.8) is 0 Å². The van der Waals surface area contributed by atoms with E-state index in [1.54, 1.807) is 0 Å². The van der Waals surface area contributed by atoms with E-state index in [0.717, 1.165) is 25.7 Å². The second-order valence-corrected chi connectivity index (χ2v) is 4.85. The minimum Gasteiger partial charge on any atom is -0.376 e. The monoisotopic (exact) mass is 232 g/mol. The molecule has 1 aliphatic carbocycles. The number of carbonyl (C=O) groups is 1. The van der Waals surface area contributed by atoms with Gasteiger partial charge in [0, 0.05) is 5.92 Å². The molecule has 1 fully saturated rings. The van der Waals surface area contributed by atoms with Gasteiger partial charge < -0.3 is 9.53 Å². The van der Waals surface area contributed by atoms with E-state index in [1.165, 1.54) is 18.4 Å². The lowest BCUT2D eigenvalue weighted by molar-refractivity contribution is -0.114. The predicted molar refractivity (Wildman–Crippen MR) is 67.6 cm³/mol. The fourth-order valence-electron chi connectivity index (χ4n) is 2.52. The lowest BCUT2D eigenvalue weighted by atomic mass is 9.81. The van der Waals surface area contributed by atoms with Crippen LogP contribution in [-0.4, -0.2) is 12.9 Å². The van der Waals surface area contributed by atoms with Crippen molar-refractivity contribution in [2.45, 2.75) is 32.3 Å². The molecule has 0 aromatic heterocycles. The molecule has 0 heterocycles. The summed E-state index contributed by atoms with van der Waals surface area (Å²) < 4.78 is 5.73. The molecule has 92 valence electrons. The summed E-state index contributed by atoms with van der Waals surface area (Å²) in [5.41, 5.74) is 1.20. The van der Waals surface area contributed by atoms with E-state index in [2.05, 4.69) is 12.1 Å². The molecule has 1 aromatic carbocycles. The summed E-state index contributed by atoms with van der Waals surface area (Å²) in [6.45, 7) is 1.38. The molecule has 1 aliphatic rings. The van der Waals surface area contributed by atoms with Gasteiger partial charge in [-0.1, -0.05) is 43.2 Å². The normalized spacial score (nSPS) is 24.5. The van der Waals surface area contributed by atoms with Crippen LogP contribution >= 0.6 is 0 Å². The Morgan fingerprint density at radius 3 is 2.71 bits per heavy atom. The molecule has 0 bridgehead atoms. The van der Waals surface area contributed by atoms with Crippen molar-refractivity contribution in [1.29, 1.82) is 0 Å². The highest BCUT2D eigenvalue weighted by Crippen LogP contribution is 2.28. The van der Waals surface area contributed by atoms with Gasteiger partial charge in [0.05, 0.1) is 13.2 Å². The molecule has 2 heteroatoms. The predicted octanol–water partition coefficient (Wildman–Crippen LogP) is 3.21. The number of rotatable bonds is 5. The van der Waals surface area contributed by atoms with E-state index < -0.39 is 0 Å². The molecular weight excluding hydrogens is 212 g/mol. The average molecular weight is 232 g/mol. The number of ether oxygens (including phenoxy) is 1. The lowest BCUT2D eigenvalue weighted by Gasteiger charge is -2.27. The molecule has 0 saturated heterocycles. The molecule has 1 aromatic rings. The fraction of sp³-hybridized carbons (Fsp3) is 0.533. The van der Waals surface area contributed by atoms with E-state index in [1.807, 2.05) is 18.2 Å². The molecule has 0 spiro atoms. The summed E-state index contributed by atoms with van der Waals surface area (Å²) in [5, 5.41) is 0. The number of benzene rings is 1. The van der Waals surface area contributed by atoms with Gasteiger partial charge in [-0.05, 0) is 24.3 Å². The highest BCUT2D eigenvalue weighted by atomic mass is 16.5. The van der Waals surface area contributed by atoms with E-state index in [4.69, 9.17) is 4.74 Å². The largest absolute Gasteiger partial charge is 0.376 e. The first-order chi connectivity index (χ1) is 8.40. The van der Waals surface area contributed by atoms with E-state index >= 15 is 0 Å². The second kappa shape index (κ2) is 6.55. The summed E-state index contributed by atoms with van der Waals surface area (Å²) >= 11 is 0. The number of hydrogen-bond donors (Lipinski definition) is 0. The number of hydrogen-bond acceptors (Lipinski definition) is 2. The zero-order chi connectivity index (χ0) is 11.9. The van der Waals surface area contributed by atoms with Crippen molar-refractivity contribution in [1.82, 2.24) is 0 Å². The van der Waals surface area contributed by atoms with Crippen LogP contribution in [0, 0.1) is 11.8 Å². The van der Waals surface area contributed by atoms with Crippen LogP contribution in [0.1, 0.15) is 31.2 Å². The maximum absolute atomic E-state index is 10.9. The van der Waals surface area contributed by atoms with E-state index in [-0.39, 0.29) is 5.92 Å². The topological polar surface area (TPSA) is 26.3 Å². The van der Waals surface area contributed by atoms with Gasteiger partial charge in [0.2, 0.25) is 0 Å². The van der Waals surface area contributed by atoms with Crippen LogP contribution in [0.5, 0.6) is 0 Å². The SMILES string of the molecule is O=C[C@@H]1CCCC[C@@H]1COCc1ccccc1. The van der Waals surface area contributed by atoms with Gasteiger partial charge in [0.25, 0.3) is 0 Å². The number of carbonyl (C=O) groups excluding carboxylic acids is 1. The molecule has 0 radical (unpaired) electrons. The third-order valence-corrected chi connectivity index (χ3v) is 3.59. The van der Waals surface area contributed by atoms with Gasteiger partial charge >= 0.3 is 0 Å². The first-order valence-electron chi connectivity index (χ1n) is 6.47. The smallest absolute Gasteiger partial charge is 0.123 e. The Morgan fingerprint density at radius 2 is 1.94 bits per heavy atom. The molecule has 17 heavy (non-hydrogen) atoms. The van der Waals surface area contributed by atoms with Gasteiger partial charge in [-0.2, -0.15) is 0 Å².